The highest BCUT2D eigenvalue weighted by Gasteiger charge is 2.11. The smallest absolute Gasteiger partial charge is 0.104 e. The molecule has 0 aliphatic rings. The fraction of sp³-hybridized carbons (Fsp3) is 0.429. The maximum atomic E-state index is 2.26. The number of halogens is 1. The van der Waals surface area contributed by atoms with Crippen molar-refractivity contribution in [3.63, 3.8) is 0 Å². The summed E-state index contributed by atoms with van der Waals surface area (Å²) >= 11 is 0. The number of allylic oxidation sites excluding steroid dienone is 1. The third-order valence-corrected chi connectivity index (χ3v) is 2.81. The zero-order chi connectivity index (χ0) is 11.3. The SMILES string of the molecule is CC=Cc1ccc(C[N+](C)(C)CC)cc1.[Cl-]. The predicted octanol–water partition coefficient (Wildman–Crippen LogP) is 0.320. The maximum Gasteiger partial charge on any atom is 0.104 e. The molecule has 1 rings (SSSR count). The Kier molecular flexibility index (Phi) is 6.39. The van der Waals surface area contributed by atoms with Crippen LogP contribution in [0.5, 0.6) is 0 Å². The standard InChI is InChI=1S/C14H22N.ClH/c1-5-7-13-8-10-14(11-9-13)12-15(3,4)6-2;/h5,7-11H,6,12H2,1-4H3;1H/q+1;/p-1. The van der Waals surface area contributed by atoms with Crippen LogP contribution in [0.15, 0.2) is 30.3 Å². The molecular weight excluding hydrogens is 218 g/mol. The van der Waals surface area contributed by atoms with E-state index in [1.54, 1.807) is 0 Å². The molecule has 0 N–H and O–H groups in total. The molecule has 0 unspecified atom stereocenters. The van der Waals surface area contributed by atoms with Gasteiger partial charge in [-0.15, -0.1) is 0 Å². The first-order valence-corrected chi connectivity index (χ1v) is 5.61. The van der Waals surface area contributed by atoms with E-state index in [0.29, 0.717) is 0 Å². The van der Waals surface area contributed by atoms with E-state index in [4.69, 9.17) is 0 Å². The molecule has 0 atom stereocenters. The van der Waals surface area contributed by atoms with Gasteiger partial charge in [0.05, 0.1) is 20.6 Å². The second-order valence-electron chi connectivity index (χ2n) is 4.65. The monoisotopic (exact) mass is 239 g/mol. The van der Waals surface area contributed by atoms with Crippen LogP contribution in [0.1, 0.15) is 25.0 Å². The van der Waals surface area contributed by atoms with E-state index >= 15 is 0 Å². The summed E-state index contributed by atoms with van der Waals surface area (Å²) in [6.45, 7) is 6.54. The van der Waals surface area contributed by atoms with Crippen LogP contribution in [-0.2, 0) is 6.54 Å². The third kappa shape index (κ3) is 4.82. The lowest BCUT2D eigenvalue weighted by molar-refractivity contribution is -0.901. The molecule has 0 aliphatic carbocycles. The van der Waals surface area contributed by atoms with Crippen molar-refractivity contribution in [2.75, 3.05) is 20.6 Å². The molecule has 1 aromatic rings. The highest BCUT2D eigenvalue weighted by molar-refractivity contribution is 5.49. The molecule has 0 saturated carbocycles. The fourth-order valence-electron chi connectivity index (χ4n) is 1.53. The van der Waals surface area contributed by atoms with Gasteiger partial charge < -0.3 is 16.9 Å². The molecular formula is C14H22ClN. The van der Waals surface area contributed by atoms with Crippen LogP contribution in [0, 0.1) is 0 Å². The molecule has 16 heavy (non-hydrogen) atoms. The van der Waals surface area contributed by atoms with Gasteiger partial charge in [0.1, 0.15) is 6.54 Å². The molecule has 1 aromatic carbocycles. The van der Waals surface area contributed by atoms with Crippen LogP contribution in [0.2, 0.25) is 0 Å². The first-order valence-electron chi connectivity index (χ1n) is 5.61. The summed E-state index contributed by atoms with van der Waals surface area (Å²) in [6.07, 6.45) is 4.20. The van der Waals surface area contributed by atoms with Crippen LogP contribution in [0.25, 0.3) is 6.08 Å². The highest BCUT2D eigenvalue weighted by atomic mass is 35.5. The molecule has 0 amide bonds. The molecule has 0 spiro atoms. The molecule has 0 bridgehead atoms. The Hall–Kier alpha value is -0.790. The number of nitrogens with zero attached hydrogens (tertiary/aromatic N) is 1. The molecule has 0 fully saturated rings. The Labute approximate surface area is 106 Å². The van der Waals surface area contributed by atoms with Crippen molar-refractivity contribution in [2.24, 2.45) is 0 Å². The van der Waals surface area contributed by atoms with E-state index in [2.05, 4.69) is 57.4 Å². The van der Waals surface area contributed by atoms with E-state index in [1.165, 1.54) is 11.1 Å². The van der Waals surface area contributed by atoms with Crippen LogP contribution in [0.4, 0.5) is 0 Å². The van der Waals surface area contributed by atoms with Crippen molar-refractivity contribution in [1.29, 1.82) is 0 Å². The van der Waals surface area contributed by atoms with Crippen LogP contribution < -0.4 is 12.4 Å². The first kappa shape index (κ1) is 15.2. The average Bonchev–Trinajstić information content (AvgIpc) is 2.21. The first-order chi connectivity index (χ1) is 7.07. The van der Waals surface area contributed by atoms with Gasteiger partial charge in [0.2, 0.25) is 0 Å². The Bertz CT molecular complexity index is 325. The van der Waals surface area contributed by atoms with Gasteiger partial charge in [-0.25, -0.2) is 0 Å². The number of quaternary nitrogens is 1. The van der Waals surface area contributed by atoms with Crippen molar-refractivity contribution >= 4 is 6.08 Å². The summed E-state index contributed by atoms with van der Waals surface area (Å²) in [7, 11) is 4.53. The Morgan fingerprint density at radius 3 is 2.12 bits per heavy atom. The Balaban J connectivity index is 0.00000225. The minimum Gasteiger partial charge on any atom is -1.00 e. The van der Waals surface area contributed by atoms with Crippen molar-refractivity contribution in [2.45, 2.75) is 20.4 Å². The zero-order valence-corrected chi connectivity index (χ0v) is 11.5. The van der Waals surface area contributed by atoms with Gasteiger partial charge in [-0.2, -0.15) is 0 Å². The summed E-state index contributed by atoms with van der Waals surface area (Å²) in [5.74, 6) is 0. The van der Waals surface area contributed by atoms with Gasteiger partial charge >= 0.3 is 0 Å². The minimum absolute atomic E-state index is 0. The maximum absolute atomic E-state index is 2.26. The van der Waals surface area contributed by atoms with Gasteiger partial charge in [-0.3, -0.25) is 0 Å². The third-order valence-electron chi connectivity index (χ3n) is 2.81. The van der Waals surface area contributed by atoms with Crippen molar-refractivity contribution in [3.8, 4) is 0 Å². The van der Waals surface area contributed by atoms with Crippen molar-refractivity contribution < 1.29 is 16.9 Å². The van der Waals surface area contributed by atoms with Gasteiger partial charge in [0.15, 0.2) is 0 Å². The molecule has 1 nitrogen and oxygen atoms in total. The molecule has 0 aromatic heterocycles. The molecule has 0 aliphatic heterocycles. The Morgan fingerprint density at radius 1 is 1.12 bits per heavy atom. The second-order valence-corrected chi connectivity index (χ2v) is 4.65. The summed E-state index contributed by atoms with van der Waals surface area (Å²) in [6, 6.07) is 8.83. The van der Waals surface area contributed by atoms with Gasteiger partial charge in [0, 0.05) is 5.56 Å². The number of benzene rings is 1. The van der Waals surface area contributed by atoms with Crippen molar-refractivity contribution in [3.05, 3.63) is 41.5 Å². The van der Waals surface area contributed by atoms with Gasteiger partial charge in [0.25, 0.3) is 0 Å². The lowest BCUT2D eigenvalue weighted by atomic mass is 10.1. The highest BCUT2D eigenvalue weighted by Crippen LogP contribution is 2.11. The molecule has 0 heterocycles. The van der Waals surface area contributed by atoms with E-state index in [1.807, 2.05) is 6.92 Å². The number of hydrogen-bond acceptors (Lipinski definition) is 0. The van der Waals surface area contributed by atoms with Crippen LogP contribution in [0.3, 0.4) is 0 Å². The van der Waals surface area contributed by atoms with Crippen LogP contribution in [-0.4, -0.2) is 25.1 Å². The molecule has 2 heteroatoms. The summed E-state index contributed by atoms with van der Waals surface area (Å²) in [5, 5.41) is 0. The second kappa shape index (κ2) is 6.72. The predicted molar refractivity (Wildman–Crippen MR) is 67.5 cm³/mol. The normalized spacial score (nSPS) is 11.5. The topological polar surface area (TPSA) is 0 Å². The lowest BCUT2D eigenvalue weighted by Gasteiger charge is -2.28. The number of rotatable bonds is 4. The van der Waals surface area contributed by atoms with E-state index in [9.17, 15) is 0 Å². The van der Waals surface area contributed by atoms with E-state index < -0.39 is 0 Å². The summed E-state index contributed by atoms with van der Waals surface area (Å²) in [4.78, 5) is 0. The molecule has 0 saturated heterocycles. The lowest BCUT2D eigenvalue weighted by Crippen LogP contribution is -3.00. The average molecular weight is 240 g/mol. The van der Waals surface area contributed by atoms with Crippen LogP contribution >= 0.6 is 0 Å². The largest absolute Gasteiger partial charge is 1.00 e. The summed E-state index contributed by atoms with van der Waals surface area (Å²) in [5.41, 5.74) is 2.69. The van der Waals surface area contributed by atoms with Gasteiger partial charge in [-0.05, 0) is 19.4 Å². The summed E-state index contributed by atoms with van der Waals surface area (Å²) < 4.78 is 1.04. The Morgan fingerprint density at radius 2 is 1.69 bits per heavy atom. The zero-order valence-electron chi connectivity index (χ0n) is 10.7. The molecule has 90 valence electrons. The van der Waals surface area contributed by atoms with E-state index in [0.717, 1.165) is 17.6 Å². The van der Waals surface area contributed by atoms with E-state index in [-0.39, 0.29) is 12.4 Å². The van der Waals surface area contributed by atoms with Gasteiger partial charge in [-0.1, -0.05) is 36.4 Å². The number of hydrogen-bond donors (Lipinski definition) is 0. The fourth-order valence-corrected chi connectivity index (χ4v) is 1.53. The minimum atomic E-state index is 0. The quantitative estimate of drug-likeness (QED) is 0.664. The van der Waals surface area contributed by atoms with Crippen molar-refractivity contribution in [1.82, 2.24) is 0 Å². The molecule has 0 radical (unpaired) electrons.